The van der Waals surface area contributed by atoms with E-state index in [9.17, 15) is 14.4 Å². The summed E-state index contributed by atoms with van der Waals surface area (Å²) in [6.07, 6.45) is 2.53. The van der Waals surface area contributed by atoms with Gasteiger partial charge < -0.3 is 15.0 Å². The third-order valence-electron chi connectivity index (χ3n) is 3.88. The van der Waals surface area contributed by atoms with Crippen LogP contribution in [0.1, 0.15) is 17.5 Å². The molecule has 3 N–H and O–H groups in total. The molecule has 120 valence electrons. The first kappa shape index (κ1) is 15.1. The Kier molecular flexibility index (Phi) is 4.27. The van der Waals surface area contributed by atoms with Gasteiger partial charge in [-0.05, 0) is 24.5 Å². The summed E-state index contributed by atoms with van der Waals surface area (Å²) in [7, 11) is 0. The monoisotopic (exact) mass is 315 g/mol. The molecule has 0 bridgehead atoms. The molecule has 0 radical (unpaired) electrons. The van der Waals surface area contributed by atoms with Crippen molar-refractivity contribution in [2.75, 3.05) is 6.61 Å². The van der Waals surface area contributed by atoms with Crippen LogP contribution in [0.25, 0.3) is 0 Å². The first-order chi connectivity index (χ1) is 11.1. The molecule has 2 aromatic rings. The van der Waals surface area contributed by atoms with Gasteiger partial charge in [-0.15, -0.1) is 0 Å². The number of rotatable bonds is 3. The van der Waals surface area contributed by atoms with Crippen LogP contribution >= 0.6 is 0 Å². The molecule has 1 aromatic heterocycles. The molecule has 1 unspecified atom stereocenters. The summed E-state index contributed by atoms with van der Waals surface area (Å²) in [6, 6.07) is 7.67. The number of carbonyl (C=O) groups excluding carboxylic acids is 1. The van der Waals surface area contributed by atoms with Crippen molar-refractivity contribution in [2.45, 2.75) is 19.4 Å². The fourth-order valence-corrected chi connectivity index (χ4v) is 2.61. The number of benzene rings is 1. The molecular weight excluding hydrogens is 298 g/mol. The fraction of sp³-hybridized carbons (Fsp3) is 0.312. The van der Waals surface area contributed by atoms with Crippen molar-refractivity contribution in [1.82, 2.24) is 15.3 Å². The minimum atomic E-state index is -0.567. The molecule has 1 amide bonds. The lowest BCUT2D eigenvalue weighted by molar-refractivity contribution is -0.125. The predicted molar refractivity (Wildman–Crippen MR) is 83.3 cm³/mol. The zero-order valence-corrected chi connectivity index (χ0v) is 12.4. The van der Waals surface area contributed by atoms with E-state index in [4.69, 9.17) is 4.74 Å². The maximum absolute atomic E-state index is 12.4. The van der Waals surface area contributed by atoms with Gasteiger partial charge in [0.2, 0.25) is 5.91 Å². The van der Waals surface area contributed by atoms with Crippen LogP contribution in [0.15, 0.2) is 40.1 Å². The highest BCUT2D eigenvalue weighted by Gasteiger charge is 2.23. The number of amides is 1. The molecule has 7 nitrogen and oxygen atoms in total. The topological polar surface area (TPSA) is 104 Å². The van der Waals surface area contributed by atoms with Gasteiger partial charge in [-0.25, -0.2) is 4.79 Å². The summed E-state index contributed by atoms with van der Waals surface area (Å²) in [5, 5.41) is 2.75. The lowest BCUT2D eigenvalue weighted by Gasteiger charge is -2.13. The van der Waals surface area contributed by atoms with E-state index in [-0.39, 0.29) is 18.4 Å². The number of carbonyl (C=O) groups is 1. The number of hydrogen-bond acceptors (Lipinski definition) is 4. The minimum absolute atomic E-state index is 0.0734. The number of para-hydroxylation sites is 1. The van der Waals surface area contributed by atoms with E-state index >= 15 is 0 Å². The van der Waals surface area contributed by atoms with Crippen LogP contribution < -0.4 is 21.3 Å². The number of aromatic amines is 2. The largest absolute Gasteiger partial charge is 0.493 e. The molecule has 1 aliphatic rings. The summed E-state index contributed by atoms with van der Waals surface area (Å²) in [6.45, 7) is 0.554. The second kappa shape index (κ2) is 6.51. The molecular formula is C16H17N3O4. The van der Waals surface area contributed by atoms with Gasteiger partial charge >= 0.3 is 5.69 Å². The Morgan fingerprint density at radius 1 is 1.30 bits per heavy atom. The lowest BCUT2D eigenvalue weighted by Crippen LogP contribution is -2.34. The van der Waals surface area contributed by atoms with Crippen LogP contribution in [0.4, 0.5) is 0 Å². The molecule has 0 aliphatic carbocycles. The van der Waals surface area contributed by atoms with Crippen molar-refractivity contribution >= 4 is 5.91 Å². The number of hydrogen-bond donors (Lipinski definition) is 3. The number of ether oxygens (including phenoxy) is 1. The summed E-state index contributed by atoms with van der Waals surface area (Å²) >= 11 is 0. The minimum Gasteiger partial charge on any atom is -0.493 e. The Morgan fingerprint density at radius 2 is 2.13 bits per heavy atom. The first-order valence-electron chi connectivity index (χ1n) is 7.43. The molecule has 0 saturated carbocycles. The van der Waals surface area contributed by atoms with Crippen LogP contribution in [0.3, 0.4) is 0 Å². The van der Waals surface area contributed by atoms with Crippen LogP contribution in [-0.4, -0.2) is 22.5 Å². The normalized spacial score (nSPS) is 16.8. The SMILES string of the molecule is O=C(NCc1c[nH]c(=O)[nH]c1=O)C1CCOc2ccccc2C1. The summed E-state index contributed by atoms with van der Waals surface area (Å²) in [5.74, 6) is 0.483. The number of aromatic nitrogens is 2. The van der Waals surface area contributed by atoms with Crippen LogP contribution in [0.2, 0.25) is 0 Å². The molecule has 1 aromatic carbocycles. The predicted octanol–water partition coefficient (Wildman–Crippen LogP) is 0.321. The van der Waals surface area contributed by atoms with Crippen molar-refractivity contribution in [3.05, 3.63) is 62.4 Å². The number of H-pyrrole nitrogens is 2. The summed E-state index contributed by atoms with van der Waals surface area (Å²) in [5.41, 5.74) is 0.251. The molecule has 1 aliphatic heterocycles. The Hall–Kier alpha value is -2.83. The van der Waals surface area contributed by atoms with Gasteiger partial charge in [-0.3, -0.25) is 14.6 Å². The standard InChI is InChI=1S/C16H17N3O4/c20-14(17-8-12-9-18-16(22)19-15(12)21)11-5-6-23-13-4-2-1-3-10(13)7-11/h1-4,9,11H,5-8H2,(H,17,20)(H2,18,19,21,22). The third-order valence-corrected chi connectivity index (χ3v) is 3.88. The van der Waals surface area contributed by atoms with E-state index in [2.05, 4.69) is 15.3 Å². The molecule has 0 spiro atoms. The molecule has 0 saturated heterocycles. The van der Waals surface area contributed by atoms with Crippen LogP contribution in [0.5, 0.6) is 5.75 Å². The average Bonchev–Trinajstić information content (AvgIpc) is 2.76. The first-order valence-corrected chi connectivity index (χ1v) is 7.43. The van der Waals surface area contributed by atoms with Gasteiger partial charge in [0, 0.05) is 18.7 Å². The zero-order chi connectivity index (χ0) is 16.2. The van der Waals surface area contributed by atoms with Gasteiger partial charge in [-0.2, -0.15) is 0 Å². The van der Waals surface area contributed by atoms with Crippen LogP contribution in [0, 0.1) is 5.92 Å². The van der Waals surface area contributed by atoms with Gasteiger partial charge in [0.25, 0.3) is 5.56 Å². The lowest BCUT2D eigenvalue weighted by atomic mass is 9.96. The van der Waals surface area contributed by atoms with Gasteiger partial charge in [0.1, 0.15) is 5.75 Å². The van der Waals surface area contributed by atoms with Crippen molar-refractivity contribution in [1.29, 1.82) is 0 Å². The smallest absolute Gasteiger partial charge is 0.325 e. The Morgan fingerprint density at radius 3 is 2.96 bits per heavy atom. The Balaban J connectivity index is 1.66. The quantitative estimate of drug-likeness (QED) is 0.759. The molecule has 0 fully saturated rings. The van der Waals surface area contributed by atoms with Gasteiger partial charge in [0.15, 0.2) is 0 Å². The van der Waals surface area contributed by atoms with E-state index < -0.39 is 11.2 Å². The van der Waals surface area contributed by atoms with Gasteiger partial charge in [0.05, 0.1) is 12.2 Å². The maximum Gasteiger partial charge on any atom is 0.325 e. The molecule has 2 heterocycles. The second-order valence-electron chi connectivity index (χ2n) is 5.46. The summed E-state index contributed by atoms with van der Waals surface area (Å²) < 4.78 is 5.65. The highest BCUT2D eigenvalue weighted by molar-refractivity contribution is 5.79. The zero-order valence-electron chi connectivity index (χ0n) is 12.4. The Bertz CT molecular complexity index is 824. The van der Waals surface area contributed by atoms with E-state index in [0.29, 0.717) is 25.0 Å². The Labute approximate surface area is 131 Å². The molecule has 7 heteroatoms. The van der Waals surface area contributed by atoms with Crippen molar-refractivity contribution in [3.63, 3.8) is 0 Å². The third kappa shape index (κ3) is 3.50. The number of nitrogens with one attached hydrogen (secondary N) is 3. The highest BCUT2D eigenvalue weighted by Crippen LogP contribution is 2.26. The maximum atomic E-state index is 12.4. The van der Waals surface area contributed by atoms with Crippen molar-refractivity contribution in [3.8, 4) is 5.75 Å². The van der Waals surface area contributed by atoms with E-state index in [1.165, 1.54) is 6.20 Å². The van der Waals surface area contributed by atoms with Crippen LogP contribution in [-0.2, 0) is 17.8 Å². The van der Waals surface area contributed by atoms with E-state index in [1.807, 2.05) is 24.3 Å². The average molecular weight is 315 g/mol. The number of fused-ring (bicyclic) bond motifs is 1. The van der Waals surface area contributed by atoms with E-state index in [1.54, 1.807) is 0 Å². The molecule has 23 heavy (non-hydrogen) atoms. The van der Waals surface area contributed by atoms with Crippen molar-refractivity contribution < 1.29 is 9.53 Å². The van der Waals surface area contributed by atoms with E-state index in [0.717, 1.165) is 11.3 Å². The molecule has 3 rings (SSSR count). The van der Waals surface area contributed by atoms with Gasteiger partial charge in [-0.1, -0.05) is 18.2 Å². The second-order valence-corrected chi connectivity index (χ2v) is 5.46. The summed E-state index contributed by atoms with van der Waals surface area (Å²) in [4.78, 5) is 39.4. The fourth-order valence-electron chi connectivity index (χ4n) is 2.61. The highest BCUT2D eigenvalue weighted by atomic mass is 16.5. The molecule has 1 atom stereocenters. The van der Waals surface area contributed by atoms with Crippen molar-refractivity contribution in [2.24, 2.45) is 5.92 Å².